The lowest BCUT2D eigenvalue weighted by Crippen LogP contribution is -2.41. The van der Waals surface area contributed by atoms with Crippen LogP contribution in [-0.2, 0) is 6.42 Å². The number of hydrogen-bond acceptors (Lipinski definition) is 3. The van der Waals surface area contributed by atoms with E-state index >= 15 is 0 Å². The first kappa shape index (κ1) is 6.73. The Kier molecular flexibility index (Phi) is 1.39. The van der Waals surface area contributed by atoms with Crippen molar-refractivity contribution in [3.05, 3.63) is 18.1 Å². The predicted octanol–water partition coefficient (Wildman–Crippen LogP) is 1.12. The van der Waals surface area contributed by atoms with Crippen molar-refractivity contribution in [1.29, 1.82) is 0 Å². The number of likely N-dealkylation sites (N-methyl/N-ethyl adjacent to an activating group) is 1. The normalized spacial score (nSPS) is 18.5. The third kappa shape index (κ3) is 0.922. The van der Waals surface area contributed by atoms with Crippen LogP contribution in [0.4, 0.5) is 5.69 Å². The maximum absolute atomic E-state index is 5.31. The van der Waals surface area contributed by atoms with E-state index in [0.29, 0.717) is 0 Å². The third-order valence-corrected chi connectivity index (χ3v) is 2.25. The first-order valence-electron chi connectivity index (χ1n) is 3.80. The molecule has 0 fully saturated rings. The van der Waals surface area contributed by atoms with Gasteiger partial charge in [0.2, 0.25) is 0 Å². The van der Waals surface area contributed by atoms with Gasteiger partial charge in [-0.2, -0.15) is 0 Å². The molecule has 0 aliphatic carbocycles. The number of nitrogens with zero attached hydrogens (tertiary/aromatic N) is 2. The van der Waals surface area contributed by atoms with Crippen molar-refractivity contribution in [3.8, 4) is 0 Å². The molecule has 0 bridgehead atoms. The standard InChI is InChI=1S/C8H12N2O/c1-9-5-3-8-7(10(9)2)4-6-11-8/h4,6H,3,5H2,1-2H3. The molecule has 0 unspecified atom stereocenters. The Morgan fingerprint density at radius 3 is 3.09 bits per heavy atom. The molecule has 60 valence electrons. The highest BCUT2D eigenvalue weighted by molar-refractivity contribution is 5.49. The van der Waals surface area contributed by atoms with Gasteiger partial charge in [-0.1, -0.05) is 0 Å². The molecule has 1 aliphatic rings. The summed E-state index contributed by atoms with van der Waals surface area (Å²) >= 11 is 0. The summed E-state index contributed by atoms with van der Waals surface area (Å²) in [4.78, 5) is 0. The second-order valence-corrected chi connectivity index (χ2v) is 2.88. The number of anilines is 1. The number of furan rings is 1. The lowest BCUT2D eigenvalue weighted by Gasteiger charge is -2.33. The highest BCUT2D eigenvalue weighted by atomic mass is 16.3. The maximum atomic E-state index is 5.31. The summed E-state index contributed by atoms with van der Waals surface area (Å²) in [6.07, 6.45) is 2.77. The zero-order valence-corrected chi connectivity index (χ0v) is 6.87. The number of fused-ring (bicyclic) bond motifs is 1. The molecule has 0 radical (unpaired) electrons. The zero-order chi connectivity index (χ0) is 7.84. The second kappa shape index (κ2) is 2.27. The van der Waals surface area contributed by atoms with Crippen molar-refractivity contribution in [1.82, 2.24) is 5.01 Å². The monoisotopic (exact) mass is 152 g/mol. The van der Waals surface area contributed by atoms with Gasteiger partial charge in [0.1, 0.15) is 5.76 Å². The molecular formula is C8H12N2O. The van der Waals surface area contributed by atoms with Crippen LogP contribution in [0.3, 0.4) is 0 Å². The van der Waals surface area contributed by atoms with Gasteiger partial charge in [-0.05, 0) is 0 Å². The summed E-state index contributed by atoms with van der Waals surface area (Å²) < 4.78 is 5.31. The van der Waals surface area contributed by atoms with Gasteiger partial charge in [0.25, 0.3) is 0 Å². The van der Waals surface area contributed by atoms with Crippen molar-refractivity contribution in [2.75, 3.05) is 25.6 Å². The highest BCUT2D eigenvalue weighted by Gasteiger charge is 2.19. The van der Waals surface area contributed by atoms with E-state index in [0.717, 1.165) is 18.7 Å². The largest absolute Gasteiger partial charge is 0.467 e. The van der Waals surface area contributed by atoms with E-state index in [1.165, 1.54) is 5.69 Å². The van der Waals surface area contributed by atoms with Gasteiger partial charge in [0.15, 0.2) is 0 Å². The average molecular weight is 152 g/mol. The Bertz CT molecular complexity index is 256. The summed E-state index contributed by atoms with van der Waals surface area (Å²) in [5, 5.41) is 4.29. The van der Waals surface area contributed by atoms with Crippen molar-refractivity contribution in [2.24, 2.45) is 0 Å². The molecule has 0 saturated carbocycles. The Morgan fingerprint density at radius 2 is 2.27 bits per heavy atom. The molecule has 0 aromatic carbocycles. The van der Waals surface area contributed by atoms with Crippen molar-refractivity contribution >= 4 is 5.69 Å². The van der Waals surface area contributed by atoms with Crippen LogP contribution in [0.1, 0.15) is 5.76 Å². The average Bonchev–Trinajstić information content (AvgIpc) is 2.45. The summed E-state index contributed by atoms with van der Waals surface area (Å²) in [6, 6.07) is 2.00. The molecule has 3 heteroatoms. The van der Waals surface area contributed by atoms with Crippen molar-refractivity contribution in [3.63, 3.8) is 0 Å². The summed E-state index contributed by atoms with van der Waals surface area (Å²) in [7, 11) is 4.13. The fraction of sp³-hybridized carbons (Fsp3) is 0.500. The molecule has 0 amide bonds. The van der Waals surface area contributed by atoms with Crippen molar-refractivity contribution in [2.45, 2.75) is 6.42 Å². The fourth-order valence-electron chi connectivity index (χ4n) is 1.41. The van der Waals surface area contributed by atoms with Crippen LogP contribution in [-0.4, -0.2) is 25.6 Å². The lowest BCUT2D eigenvalue weighted by atomic mass is 10.2. The Balaban J connectivity index is 2.38. The fourth-order valence-corrected chi connectivity index (χ4v) is 1.41. The van der Waals surface area contributed by atoms with Gasteiger partial charge >= 0.3 is 0 Å². The van der Waals surface area contributed by atoms with E-state index in [-0.39, 0.29) is 0 Å². The second-order valence-electron chi connectivity index (χ2n) is 2.88. The molecular weight excluding hydrogens is 140 g/mol. The molecule has 2 heterocycles. The molecule has 1 aromatic heterocycles. The third-order valence-electron chi connectivity index (χ3n) is 2.25. The van der Waals surface area contributed by atoms with Crippen LogP contribution in [0, 0.1) is 0 Å². The Labute approximate surface area is 66.2 Å². The molecule has 2 rings (SSSR count). The minimum absolute atomic E-state index is 1.02. The van der Waals surface area contributed by atoms with E-state index in [2.05, 4.69) is 17.1 Å². The van der Waals surface area contributed by atoms with Gasteiger partial charge in [-0.15, -0.1) is 0 Å². The van der Waals surface area contributed by atoms with Crippen LogP contribution >= 0.6 is 0 Å². The molecule has 0 atom stereocenters. The van der Waals surface area contributed by atoms with Gasteiger partial charge in [0, 0.05) is 33.1 Å². The molecule has 0 N–H and O–H groups in total. The maximum Gasteiger partial charge on any atom is 0.129 e. The smallest absolute Gasteiger partial charge is 0.129 e. The summed E-state index contributed by atoms with van der Waals surface area (Å²) in [5.41, 5.74) is 1.19. The quantitative estimate of drug-likeness (QED) is 0.555. The first-order valence-corrected chi connectivity index (χ1v) is 3.80. The van der Waals surface area contributed by atoms with Crippen molar-refractivity contribution < 1.29 is 4.42 Å². The predicted molar refractivity (Wildman–Crippen MR) is 43.4 cm³/mol. The van der Waals surface area contributed by atoms with E-state index in [4.69, 9.17) is 4.42 Å². The van der Waals surface area contributed by atoms with Gasteiger partial charge in [0.05, 0.1) is 12.0 Å². The van der Waals surface area contributed by atoms with Gasteiger partial charge < -0.3 is 9.43 Å². The van der Waals surface area contributed by atoms with E-state index in [1.54, 1.807) is 6.26 Å². The number of hydrazine groups is 1. The molecule has 1 aromatic rings. The molecule has 3 nitrogen and oxygen atoms in total. The highest BCUT2D eigenvalue weighted by Crippen LogP contribution is 2.25. The van der Waals surface area contributed by atoms with Crippen LogP contribution < -0.4 is 5.01 Å². The molecule has 1 aliphatic heterocycles. The van der Waals surface area contributed by atoms with Crippen LogP contribution in [0.2, 0.25) is 0 Å². The minimum atomic E-state index is 1.02. The zero-order valence-electron chi connectivity index (χ0n) is 6.87. The topological polar surface area (TPSA) is 19.6 Å². The van der Waals surface area contributed by atoms with E-state index < -0.39 is 0 Å². The summed E-state index contributed by atoms with van der Waals surface area (Å²) in [6.45, 7) is 1.04. The molecule has 0 saturated heterocycles. The number of hydrogen-bond donors (Lipinski definition) is 0. The van der Waals surface area contributed by atoms with Crippen LogP contribution in [0.5, 0.6) is 0 Å². The Morgan fingerprint density at radius 1 is 1.45 bits per heavy atom. The van der Waals surface area contributed by atoms with Gasteiger partial charge in [-0.3, -0.25) is 0 Å². The lowest BCUT2D eigenvalue weighted by molar-refractivity contribution is 0.297. The van der Waals surface area contributed by atoms with Crippen LogP contribution in [0.15, 0.2) is 16.7 Å². The minimum Gasteiger partial charge on any atom is -0.467 e. The van der Waals surface area contributed by atoms with E-state index in [9.17, 15) is 0 Å². The Hall–Kier alpha value is -0.960. The SMILES string of the molecule is CN1CCc2occc2N1C. The molecule has 11 heavy (non-hydrogen) atoms. The van der Waals surface area contributed by atoms with E-state index in [1.807, 2.05) is 13.1 Å². The van der Waals surface area contributed by atoms with Crippen LogP contribution in [0.25, 0.3) is 0 Å². The summed E-state index contributed by atoms with van der Waals surface area (Å²) in [5.74, 6) is 1.10. The first-order chi connectivity index (χ1) is 5.29. The number of rotatable bonds is 0. The van der Waals surface area contributed by atoms with Gasteiger partial charge in [-0.25, -0.2) is 5.01 Å². The molecule has 0 spiro atoms.